The molecule has 0 amide bonds. The largest absolute Gasteiger partial charge is 0.488 e. The summed E-state index contributed by atoms with van der Waals surface area (Å²) in [6.07, 6.45) is 0. The first-order valence-corrected chi connectivity index (χ1v) is 5.34. The van der Waals surface area contributed by atoms with Crippen LogP contribution in [0.3, 0.4) is 0 Å². The van der Waals surface area contributed by atoms with Crippen LogP contribution >= 0.6 is 11.6 Å². The highest BCUT2D eigenvalue weighted by Crippen LogP contribution is 2.24. The van der Waals surface area contributed by atoms with Gasteiger partial charge in [0.15, 0.2) is 0 Å². The lowest BCUT2D eigenvalue weighted by Gasteiger charge is -2.19. The summed E-state index contributed by atoms with van der Waals surface area (Å²) < 4.78 is 5.40. The molecule has 0 radical (unpaired) electrons. The molecule has 0 saturated carbocycles. The molecule has 0 unspecified atom stereocenters. The van der Waals surface area contributed by atoms with Gasteiger partial charge in [-0.25, -0.2) is 0 Å². The van der Waals surface area contributed by atoms with Crippen LogP contribution in [-0.2, 0) is 5.41 Å². The molecule has 1 nitrogen and oxygen atoms in total. The fourth-order valence-corrected chi connectivity index (χ4v) is 1.27. The predicted molar refractivity (Wildman–Crippen MR) is 65.6 cm³/mol. The van der Waals surface area contributed by atoms with E-state index in [4.69, 9.17) is 16.3 Å². The molecule has 1 aromatic carbocycles. The van der Waals surface area contributed by atoms with Gasteiger partial charge in [0, 0.05) is 5.03 Å². The molecule has 1 aromatic rings. The van der Waals surface area contributed by atoms with E-state index in [0.717, 1.165) is 5.75 Å². The minimum atomic E-state index is 0.175. The lowest BCUT2D eigenvalue weighted by Crippen LogP contribution is -2.10. The van der Waals surface area contributed by atoms with Crippen molar-refractivity contribution in [2.45, 2.75) is 26.2 Å². The summed E-state index contributed by atoms with van der Waals surface area (Å²) in [5.41, 5.74) is 1.47. The van der Waals surface area contributed by atoms with E-state index >= 15 is 0 Å². The minimum absolute atomic E-state index is 0.175. The van der Waals surface area contributed by atoms with E-state index < -0.39 is 0 Å². The molecule has 0 aliphatic heterocycles. The standard InChI is InChI=1S/C13H17ClO/c1-10(14)9-15-12-7-5-11(6-8-12)13(2,3)4/h5-8H,1,9H2,2-4H3. The summed E-state index contributed by atoms with van der Waals surface area (Å²) in [5.74, 6) is 0.824. The van der Waals surface area contributed by atoms with Crippen molar-refractivity contribution in [3.8, 4) is 5.75 Å². The summed E-state index contributed by atoms with van der Waals surface area (Å²) in [7, 11) is 0. The molecule has 0 atom stereocenters. The molecule has 0 fully saturated rings. The lowest BCUT2D eigenvalue weighted by atomic mass is 9.87. The van der Waals surface area contributed by atoms with E-state index in [9.17, 15) is 0 Å². The van der Waals surface area contributed by atoms with Gasteiger partial charge in [-0.15, -0.1) is 0 Å². The van der Waals surface area contributed by atoms with Gasteiger partial charge in [-0.2, -0.15) is 0 Å². The summed E-state index contributed by atoms with van der Waals surface area (Å²) in [4.78, 5) is 0. The number of rotatable bonds is 3. The summed E-state index contributed by atoms with van der Waals surface area (Å²) in [5, 5.41) is 0.509. The van der Waals surface area contributed by atoms with Crippen molar-refractivity contribution in [1.82, 2.24) is 0 Å². The smallest absolute Gasteiger partial charge is 0.123 e. The quantitative estimate of drug-likeness (QED) is 0.751. The Hall–Kier alpha value is -0.950. The summed E-state index contributed by atoms with van der Waals surface area (Å²) in [6, 6.07) is 8.07. The fraction of sp³-hybridized carbons (Fsp3) is 0.385. The Morgan fingerprint density at radius 3 is 2.20 bits per heavy atom. The van der Waals surface area contributed by atoms with Gasteiger partial charge in [0.05, 0.1) is 0 Å². The van der Waals surface area contributed by atoms with E-state index in [2.05, 4.69) is 39.5 Å². The topological polar surface area (TPSA) is 9.23 Å². The first kappa shape index (κ1) is 12.1. The van der Waals surface area contributed by atoms with Gasteiger partial charge in [0.25, 0.3) is 0 Å². The third-order valence-corrected chi connectivity index (χ3v) is 2.22. The van der Waals surface area contributed by atoms with Crippen molar-refractivity contribution < 1.29 is 4.74 Å². The van der Waals surface area contributed by atoms with Crippen LogP contribution in [0.4, 0.5) is 0 Å². The molecule has 82 valence electrons. The molecule has 0 aliphatic rings. The first-order valence-electron chi connectivity index (χ1n) is 4.96. The van der Waals surface area contributed by atoms with Crippen molar-refractivity contribution in [2.75, 3.05) is 6.61 Å². The highest BCUT2D eigenvalue weighted by atomic mass is 35.5. The third-order valence-electron chi connectivity index (χ3n) is 2.12. The SMILES string of the molecule is C=C(Cl)COc1ccc(C(C)(C)C)cc1. The van der Waals surface area contributed by atoms with Crippen LogP contribution in [-0.4, -0.2) is 6.61 Å². The van der Waals surface area contributed by atoms with Crippen LogP contribution in [0.15, 0.2) is 35.9 Å². The van der Waals surface area contributed by atoms with E-state index in [-0.39, 0.29) is 5.41 Å². The Balaban J connectivity index is 2.69. The van der Waals surface area contributed by atoms with Gasteiger partial charge in [-0.05, 0) is 23.1 Å². The van der Waals surface area contributed by atoms with Crippen LogP contribution < -0.4 is 4.74 Å². The Morgan fingerprint density at radius 1 is 1.27 bits per heavy atom. The average molecular weight is 225 g/mol. The molecule has 0 saturated heterocycles. The molecular formula is C13H17ClO. The molecule has 1 rings (SSSR count). The molecule has 15 heavy (non-hydrogen) atoms. The van der Waals surface area contributed by atoms with Gasteiger partial charge in [-0.3, -0.25) is 0 Å². The maximum absolute atomic E-state index is 5.61. The number of hydrogen-bond donors (Lipinski definition) is 0. The Bertz CT molecular complexity index is 333. The Labute approximate surface area is 96.7 Å². The van der Waals surface area contributed by atoms with Crippen LogP contribution in [0, 0.1) is 0 Å². The Morgan fingerprint density at radius 2 is 1.80 bits per heavy atom. The van der Waals surface area contributed by atoms with Gasteiger partial charge >= 0.3 is 0 Å². The van der Waals surface area contributed by atoms with E-state index in [0.29, 0.717) is 11.6 Å². The molecular weight excluding hydrogens is 208 g/mol. The molecule has 0 bridgehead atoms. The monoisotopic (exact) mass is 224 g/mol. The average Bonchev–Trinajstić information content (AvgIpc) is 2.14. The first-order chi connectivity index (χ1) is 6.89. The van der Waals surface area contributed by atoms with Gasteiger partial charge < -0.3 is 4.74 Å². The van der Waals surface area contributed by atoms with Gasteiger partial charge in [0.1, 0.15) is 12.4 Å². The molecule has 2 heteroatoms. The second-order valence-electron chi connectivity index (χ2n) is 4.58. The third kappa shape index (κ3) is 3.96. The minimum Gasteiger partial charge on any atom is -0.488 e. The highest BCUT2D eigenvalue weighted by molar-refractivity contribution is 6.29. The van der Waals surface area contributed by atoms with Crippen LogP contribution in [0.2, 0.25) is 0 Å². The second kappa shape index (κ2) is 4.71. The van der Waals surface area contributed by atoms with Gasteiger partial charge in [0.2, 0.25) is 0 Å². The summed E-state index contributed by atoms with van der Waals surface area (Å²) in [6.45, 7) is 10.5. The zero-order chi connectivity index (χ0) is 11.5. The molecule has 0 N–H and O–H groups in total. The zero-order valence-corrected chi connectivity index (χ0v) is 10.3. The van der Waals surface area contributed by atoms with E-state index in [1.54, 1.807) is 0 Å². The van der Waals surface area contributed by atoms with Gasteiger partial charge in [-0.1, -0.05) is 51.1 Å². The molecule has 0 aliphatic carbocycles. The fourth-order valence-electron chi connectivity index (χ4n) is 1.21. The summed E-state index contributed by atoms with van der Waals surface area (Å²) >= 11 is 5.61. The van der Waals surface area contributed by atoms with Crippen LogP contribution in [0.25, 0.3) is 0 Å². The number of benzene rings is 1. The number of hydrogen-bond acceptors (Lipinski definition) is 1. The van der Waals surface area contributed by atoms with Crippen LogP contribution in [0.5, 0.6) is 5.75 Å². The maximum atomic E-state index is 5.61. The van der Waals surface area contributed by atoms with Crippen LogP contribution in [0.1, 0.15) is 26.3 Å². The maximum Gasteiger partial charge on any atom is 0.123 e. The number of halogens is 1. The number of ether oxygens (including phenoxy) is 1. The molecule has 0 heterocycles. The predicted octanol–water partition coefficient (Wildman–Crippen LogP) is 4.12. The van der Waals surface area contributed by atoms with Crippen molar-refractivity contribution in [3.63, 3.8) is 0 Å². The van der Waals surface area contributed by atoms with Crippen molar-refractivity contribution in [1.29, 1.82) is 0 Å². The van der Waals surface area contributed by atoms with Crippen molar-refractivity contribution in [2.24, 2.45) is 0 Å². The normalized spacial score (nSPS) is 11.2. The van der Waals surface area contributed by atoms with E-state index in [1.165, 1.54) is 5.56 Å². The lowest BCUT2D eigenvalue weighted by molar-refractivity contribution is 0.359. The highest BCUT2D eigenvalue weighted by Gasteiger charge is 2.12. The molecule has 0 spiro atoms. The van der Waals surface area contributed by atoms with Crippen molar-refractivity contribution >= 4 is 11.6 Å². The zero-order valence-electron chi connectivity index (χ0n) is 9.51. The van der Waals surface area contributed by atoms with E-state index in [1.807, 2.05) is 12.1 Å². The second-order valence-corrected chi connectivity index (χ2v) is 5.11. The Kier molecular flexibility index (Phi) is 3.81. The molecule has 0 aromatic heterocycles. The van der Waals surface area contributed by atoms with Crippen molar-refractivity contribution in [3.05, 3.63) is 41.4 Å².